The van der Waals surface area contributed by atoms with Gasteiger partial charge in [-0.2, -0.15) is 13.2 Å². The van der Waals surface area contributed by atoms with E-state index in [1.807, 2.05) is 0 Å². The number of aromatic amines is 1. The van der Waals surface area contributed by atoms with Gasteiger partial charge < -0.3 is 9.55 Å². The van der Waals surface area contributed by atoms with Crippen LogP contribution in [0.5, 0.6) is 0 Å². The van der Waals surface area contributed by atoms with Crippen molar-refractivity contribution in [1.82, 2.24) is 14.0 Å². The zero-order valence-corrected chi connectivity index (χ0v) is 11.0. The Kier molecular flexibility index (Phi) is 2.55. The third kappa shape index (κ3) is 1.68. The normalized spacial score (nSPS) is 12.4. The number of alkyl halides is 3. The first-order valence-electron chi connectivity index (χ1n) is 5.61. The van der Waals surface area contributed by atoms with Crippen molar-refractivity contribution < 1.29 is 13.2 Å². The standard InChI is InChI=1S/C12H8F3N3OS/c1-17-8-4-6(12(13,14)15)2-3-7(8)18-9(10(17)19)5-16-11(18)20/h2-5H,1H3,(H,16,20). The summed E-state index contributed by atoms with van der Waals surface area (Å²) in [4.78, 5) is 14.8. The maximum Gasteiger partial charge on any atom is 0.416 e. The molecule has 0 aliphatic carbocycles. The number of hydrogen-bond donors (Lipinski definition) is 1. The van der Waals surface area contributed by atoms with Gasteiger partial charge in [0.15, 0.2) is 4.77 Å². The molecule has 20 heavy (non-hydrogen) atoms. The van der Waals surface area contributed by atoms with Crippen molar-refractivity contribution in [1.29, 1.82) is 0 Å². The molecule has 0 aliphatic rings. The number of nitrogens with zero attached hydrogens (tertiary/aromatic N) is 2. The number of aryl methyl sites for hydroxylation is 1. The summed E-state index contributed by atoms with van der Waals surface area (Å²) in [5.74, 6) is 0. The lowest BCUT2D eigenvalue weighted by molar-refractivity contribution is -0.137. The van der Waals surface area contributed by atoms with Crippen molar-refractivity contribution >= 4 is 28.8 Å². The average Bonchev–Trinajstić information content (AvgIpc) is 2.76. The van der Waals surface area contributed by atoms with Crippen LogP contribution in [0.2, 0.25) is 0 Å². The molecule has 8 heteroatoms. The van der Waals surface area contributed by atoms with Crippen LogP contribution in [0.1, 0.15) is 5.56 Å². The molecule has 2 aromatic heterocycles. The van der Waals surface area contributed by atoms with Gasteiger partial charge in [0.05, 0.1) is 16.6 Å². The number of H-pyrrole nitrogens is 1. The second-order valence-electron chi connectivity index (χ2n) is 4.38. The molecule has 4 nitrogen and oxygen atoms in total. The Morgan fingerprint density at radius 3 is 2.55 bits per heavy atom. The molecule has 0 bridgehead atoms. The number of imidazole rings is 1. The van der Waals surface area contributed by atoms with Crippen LogP contribution >= 0.6 is 12.2 Å². The molecule has 104 valence electrons. The van der Waals surface area contributed by atoms with Crippen molar-refractivity contribution in [3.05, 3.63) is 45.1 Å². The van der Waals surface area contributed by atoms with Crippen LogP contribution < -0.4 is 5.56 Å². The second kappa shape index (κ2) is 3.95. The number of fused-ring (bicyclic) bond motifs is 3. The Labute approximate surface area is 115 Å². The van der Waals surface area contributed by atoms with Gasteiger partial charge in [-0.15, -0.1) is 0 Å². The summed E-state index contributed by atoms with van der Waals surface area (Å²) in [5, 5.41) is 0. The monoisotopic (exact) mass is 299 g/mol. The van der Waals surface area contributed by atoms with Crippen LogP contribution in [0.4, 0.5) is 13.2 Å². The fourth-order valence-electron chi connectivity index (χ4n) is 2.20. The van der Waals surface area contributed by atoms with E-state index in [9.17, 15) is 18.0 Å². The highest BCUT2D eigenvalue weighted by molar-refractivity contribution is 7.71. The topological polar surface area (TPSA) is 42.2 Å². The summed E-state index contributed by atoms with van der Waals surface area (Å²) in [6.45, 7) is 0. The van der Waals surface area contributed by atoms with Gasteiger partial charge in [0, 0.05) is 13.2 Å². The largest absolute Gasteiger partial charge is 0.416 e. The summed E-state index contributed by atoms with van der Waals surface area (Å²) in [6, 6.07) is 3.24. The molecule has 1 N–H and O–H groups in total. The first kappa shape index (κ1) is 12.9. The molecule has 0 amide bonds. The molecule has 2 heterocycles. The van der Waals surface area contributed by atoms with E-state index in [4.69, 9.17) is 12.2 Å². The van der Waals surface area contributed by atoms with E-state index in [1.165, 1.54) is 28.3 Å². The maximum absolute atomic E-state index is 12.8. The second-order valence-corrected chi connectivity index (χ2v) is 4.77. The molecule has 1 aromatic carbocycles. The minimum absolute atomic E-state index is 0.174. The van der Waals surface area contributed by atoms with Crippen LogP contribution in [-0.2, 0) is 13.2 Å². The molecule has 0 unspecified atom stereocenters. The SMILES string of the molecule is Cn1c(=O)c2c[nH]c(=S)n2c2ccc(C(F)(F)F)cc21. The Morgan fingerprint density at radius 1 is 1.20 bits per heavy atom. The zero-order valence-electron chi connectivity index (χ0n) is 10.2. The van der Waals surface area contributed by atoms with Crippen molar-refractivity contribution in [3.8, 4) is 0 Å². The lowest BCUT2D eigenvalue weighted by Gasteiger charge is -2.11. The minimum atomic E-state index is -4.46. The van der Waals surface area contributed by atoms with Gasteiger partial charge in [-0.1, -0.05) is 0 Å². The minimum Gasteiger partial charge on any atom is -0.336 e. The zero-order chi connectivity index (χ0) is 14.7. The van der Waals surface area contributed by atoms with Gasteiger partial charge in [-0.05, 0) is 30.4 Å². The molecular weight excluding hydrogens is 291 g/mol. The molecular formula is C12H8F3N3OS. The van der Waals surface area contributed by atoms with Gasteiger partial charge in [0.2, 0.25) is 0 Å². The van der Waals surface area contributed by atoms with Gasteiger partial charge in [-0.25, -0.2) is 0 Å². The third-order valence-corrected chi connectivity index (χ3v) is 3.51. The molecule has 0 saturated carbocycles. The van der Waals surface area contributed by atoms with Gasteiger partial charge in [0.1, 0.15) is 5.52 Å². The van der Waals surface area contributed by atoms with E-state index in [1.54, 1.807) is 0 Å². The number of benzene rings is 1. The predicted octanol–water partition coefficient (Wildman–Crippen LogP) is 2.87. The number of halogens is 3. The first-order valence-corrected chi connectivity index (χ1v) is 6.01. The maximum atomic E-state index is 12.8. The smallest absolute Gasteiger partial charge is 0.336 e. The van der Waals surface area contributed by atoms with Gasteiger partial charge >= 0.3 is 6.18 Å². The number of hydrogen-bond acceptors (Lipinski definition) is 2. The molecule has 3 aromatic rings. The Balaban J connectivity index is 2.57. The van der Waals surface area contributed by atoms with Crippen LogP contribution in [0.15, 0.2) is 29.2 Å². The molecule has 0 saturated heterocycles. The van der Waals surface area contributed by atoms with E-state index < -0.39 is 17.3 Å². The Morgan fingerprint density at radius 2 is 1.90 bits per heavy atom. The average molecular weight is 299 g/mol. The summed E-state index contributed by atoms with van der Waals surface area (Å²) >= 11 is 5.06. The van der Waals surface area contributed by atoms with Crippen LogP contribution in [0.3, 0.4) is 0 Å². The van der Waals surface area contributed by atoms with Gasteiger partial charge in [-0.3, -0.25) is 9.20 Å². The highest BCUT2D eigenvalue weighted by Gasteiger charge is 2.31. The number of aromatic nitrogens is 3. The molecule has 0 spiro atoms. The summed E-state index contributed by atoms with van der Waals surface area (Å²) in [5.41, 5.74) is -0.301. The fraction of sp³-hybridized carbons (Fsp3) is 0.167. The Bertz CT molecular complexity index is 949. The Hall–Kier alpha value is -2.09. The lowest BCUT2D eigenvalue weighted by atomic mass is 10.2. The van der Waals surface area contributed by atoms with Crippen LogP contribution in [0.25, 0.3) is 16.6 Å². The summed E-state index contributed by atoms with van der Waals surface area (Å²) < 4.78 is 41.2. The highest BCUT2D eigenvalue weighted by atomic mass is 32.1. The van der Waals surface area contributed by atoms with Crippen molar-refractivity contribution in [2.75, 3.05) is 0 Å². The van der Waals surface area contributed by atoms with E-state index in [-0.39, 0.29) is 10.3 Å². The summed E-state index contributed by atoms with van der Waals surface area (Å²) in [6.07, 6.45) is -3.01. The van der Waals surface area contributed by atoms with Crippen molar-refractivity contribution in [2.24, 2.45) is 7.05 Å². The molecule has 3 rings (SSSR count). The predicted molar refractivity (Wildman–Crippen MR) is 70.3 cm³/mol. The molecule has 0 aliphatic heterocycles. The molecule has 0 atom stereocenters. The highest BCUT2D eigenvalue weighted by Crippen LogP contribution is 2.31. The lowest BCUT2D eigenvalue weighted by Crippen LogP contribution is -2.20. The van der Waals surface area contributed by atoms with Crippen LogP contribution in [0, 0.1) is 4.77 Å². The van der Waals surface area contributed by atoms with E-state index in [0.29, 0.717) is 11.0 Å². The number of rotatable bonds is 0. The van der Waals surface area contributed by atoms with Gasteiger partial charge in [0.25, 0.3) is 5.56 Å². The third-order valence-electron chi connectivity index (χ3n) is 3.21. The summed E-state index contributed by atoms with van der Waals surface area (Å²) in [7, 11) is 1.43. The molecule has 0 radical (unpaired) electrons. The molecule has 0 fully saturated rings. The van der Waals surface area contributed by atoms with E-state index >= 15 is 0 Å². The van der Waals surface area contributed by atoms with E-state index in [0.717, 1.165) is 12.1 Å². The van der Waals surface area contributed by atoms with Crippen molar-refractivity contribution in [2.45, 2.75) is 6.18 Å². The van der Waals surface area contributed by atoms with E-state index in [2.05, 4.69) is 4.98 Å². The fourth-order valence-corrected chi connectivity index (χ4v) is 2.46. The quantitative estimate of drug-likeness (QED) is 0.649. The van der Waals surface area contributed by atoms with Crippen molar-refractivity contribution in [3.63, 3.8) is 0 Å². The first-order chi connectivity index (χ1) is 9.30. The van der Waals surface area contributed by atoms with Crippen LogP contribution in [-0.4, -0.2) is 14.0 Å². The number of nitrogens with one attached hydrogen (secondary N) is 1.